The van der Waals surface area contributed by atoms with E-state index in [1.165, 1.54) is 0 Å². The van der Waals surface area contributed by atoms with Crippen LogP contribution < -0.4 is 5.32 Å². The first-order chi connectivity index (χ1) is 14.7. The molecule has 5 heteroatoms. The molecular formula is C25H20N4O. The smallest absolute Gasteiger partial charge is 0.193 e. The van der Waals surface area contributed by atoms with Crippen LogP contribution in [0.15, 0.2) is 91.4 Å². The molecule has 0 amide bonds. The Morgan fingerprint density at radius 1 is 0.933 bits per heavy atom. The first-order valence-electron chi connectivity index (χ1n) is 9.64. The molecule has 0 aliphatic rings. The summed E-state index contributed by atoms with van der Waals surface area (Å²) in [5.74, 6) is 0.0163. The number of nitrogens with zero attached hydrogens (tertiary/aromatic N) is 3. The van der Waals surface area contributed by atoms with Gasteiger partial charge in [-0.2, -0.15) is 5.26 Å². The van der Waals surface area contributed by atoms with Gasteiger partial charge in [-0.05, 0) is 42.0 Å². The van der Waals surface area contributed by atoms with E-state index in [0.717, 1.165) is 16.9 Å². The van der Waals surface area contributed by atoms with Crippen LogP contribution in [-0.4, -0.2) is 15.3 Å². The van der Waals surface area contributed by atoms with Crippen LogP contribution in [-0.2, 0) is 13.1 Å². The van der Waals surface area contributed by atoms with Crippen molar-refractivity contribution in [2.24, 2.45) is 0 Å². The predicted molar refractivity (Wildman–Crippen MR) is 116 cm³/mol. The quantitative estimate of drug-likeness (QED) is 0.465. The average molecular weight is 392 g/mol. The lowest BCUT2D eigenvalue weighted by Crippen LogP contribution is -2.08. The SMILES string of the molecule is N#Cc1ccc(Cn2cncc2CNc2ccc(C(=O)c3ccccc3)cc2)cc1. The van der Waals surface area contributed by atoms with Gasteiger partial charge in [0.15, 0.2) is 5.78 Å². The second kappa shape index (κ2) is 8.89. The molecule has 0 fully saturated rings. The van der Waals surface area contributed by atoms with Gasteiger partial charge in [0.2, 0.25) is 0 Å². The van der Waals surface area contributed by atoms with E-state index in [4.69, 9.17) is 5.26 Å². The summed E-state index contributed by atoms with van der Waals surface area (Å²) in [5.41, 5.74) is 5.09. The largest absolute Gasteiger partial charge is 0.379 e. The van der Waals surface area contributed by atoms with Gasteiger partial charge >= 0.3 is 0 Å². The zero-order chi connectivity index (χ0) is 20.8. The van der Waals surface area contributed by atoms with Crippen LogP contribution >= 0.6 is 0 Å². The van der Waals surface area contributed by atoms with Crippen molar-refractivity contribution >= 4 is 11.5 Å². The Morgan fingerprint density at radius 2 is 1.63 bits per heavy atom. The number of carbonyl (C=O) groups is 1. The Hall–Kier alpha value is -4.17. The highest BCUT2D eigenvalue weighted by atomic mass is 16.1. The lowest BCUT2D eigenvalue weighted by molar-refractivity contribution is 0.103. The van der Waals surface area contributed by atoms with Gasteiger partial charge in [-0.25, -0.2) is 4.98 Å². The molecule has 4 aromatic rings. The van der Waals surface area contributed by atoms with E-state index in [0.29, 0.717) is 29.8 Å². The molecule has 0 atom stereocenters. The zero-order valence-electron chi connectivity index (χ0n) is 16.3. The van der Waals surface area contributed by atoms with E-state index >= 15 is 0 Å². The fraction of sp³-hybridized carbons (Fsp3) is 0.0800. The summed E-state index contributed by atoms with van der Waals surface area (Å²) in [5, 5.41) is 12.3. The van der Waals surface area contributed by atoms with E-state index in [1.807, 2.05) is 85.1 Å². The maximum atomic E-state index is 12.5. The third-order valence-corrected chi connectivity index (χ3v) is 4.89. The van der Waals surface area contributed by atoms with E-state index in [1.54, 1.807) is 6.33 Å². The molecule has 3 aromatic carbocycles. The first kappa shape index (κ1) is 19.2. The third-order valence-electron chi connectivity index (χ3n) is 4.89. The van der Waals surface area contributed by atoms with Crippen molar-refractivity contribution in [1.82, 2.24) is 9.55 Å². The van der Waals surface area contributed by atoms with Gasteiger partial charge in [-0.3, -0.25) is 4.79 Å². The molecule has 0 unspecified atom stereocenters. The van der Waals surface area contributed by atoms with Gasteiger partial charge in [-0.1, -0.05) is 42.5 Å². The fourth-order valence-electron chi connectivity index (χ4n) is 3.21. The Kier molecular flexibility index (Phi) is 5.68. The molecule has 0 saturated heterocycles. The van der Waals surface area contributed by atoms with Crippen LogP contribution in [0.3, 0.4) is 0 Å². The van der Waals surface area contributed by atoms with Crippen LogP contribution in [0.5, 0.6) is 0 Å². The summed E-state index contributed by atoms with van der Waals surface area (Å²) in [7, 11) is 0. The van der Waals surface area contributed by atoms with E-state index in [9.17, 15) is 4.79 Å². The summed E-state index contributed by atoms with van der Waals surface area (Å²) in [4.78, 5) is 16.8. The van der Waals surface area contributed by atoms with Crippen LogP contribution in [0.25, 0.3) is 0 Å². The number of nitrogens with one attached hydrogen (secondary N) is 1. The predicted octanol–water partition coefficient (Wildman–Crippen LogP) is 4.65. The van der Waals surface area contributed by atoms with Crippen molar-refractivity contribution in [1.29, 1.82) is 5.26 Å². The molecule has 4 rings (SSSR count). The summed E-state index contributed by atoms with van der Waals surface area (Å²) >= 11 is 0. The maximum absolute atomic E-state index is 12.5. The summed E-state index contributed by atoms with van der Waals surface area (Å²) in [6, 6.07) is 26.5. The summed E-state index contributed by atoms with van der Waals surface area (Å²) in [6.07, 6.45) is 3.64. The molecule has 5 nitrogen and oxygen atoms in total. The van der Waals surface area contributed by atoms with Gasteiger partial charge in [-0.15, -0.1) is 0 Å². The number of aromatic nitrogens is 2. The number of hydrogen-bond donors (Lipinski definition) is 1. The van der Waals surface area contributed by atoms with Gasteiger partial charge in [0.1, 0.15) is 0 Å². The fourth-order valence-corrected chi connectivity index (χ4v) is 3.21. The Morgan fingerprint density at radius 3 is 2.33 bits per heavy atom. The Labute approximate surface area is 175 Å². The molecule has 0 aliphatic carbocycles. The molecule has 1 N–H and O–H groups in total. The van der Waals surface area contributed by atoms with Crippen molar-refractivity contribution in [3.63, 3.8) is 0 Å². The molecule has 0 bridgehead atoms. The van der Waals surface area contributed by atoms with Crippen LogP contribution in [0, 0.1) is 11.3 Å². The van der Waals surface area contributed by atoms with Gasteiger partial charge in [0, 0.05) is 29.6 Å². The topological polar surface area (TPSA) is 70.7 Å². The number of rotatable bonds is 7. The number of benzene rings is 3. The Bertz CT molecular complexity index is 1170. The normalized spacial score (nSPS) is 10.4. The number of anilines is 1. The van der Waals surface area contributed by atoms with E-state index < -0.39 is 0 Å². The first-order valence-corrected chi connectivity index (χ1v) is 9.64. The number of carbonyl (C=O) groups excluding carboxylic acids is 1. The standard InChI is InChI=1S/C25H20N4O/c26-14-19-6-8-20(9-7-19)17-29-18-27-15-24(29)16-28-23-12-10-22(11-13-23)25(30)21-4-2-1-3-5-21/h1-13,15,18,28H,16-17H2. The van der Waals surface area contributed by atoms with E-state index in [-0.39, 0.29) is 5.78 Å². The molecule has 0 spiro atoms. The van der Waals surface area contributed by atoms with Gasteiger partial charge < -0.3 is 9.88 Å². The lowest BCUT2D eigenvalue weighted by atomic mass is 10.0. The molecular weight excluding hydrogens is 372 g/mol. The second-order valence-corrected chi connectivity index (χ2v) is 6.95. The minimum atomic E-state index is 0.0163. The minimum absolute atomic E-state index is 0.0163. The highest BCUT2D eigenvalue weighted by Crippen LogP contribution is 2.15. The molecule has 0 aliphatic heterocycles. The van der Waals surface area contributed by atoms with Crippen molar-refractivity contribution in [2.45, 2.75) is 13.1 Å². The van der Waals surface area contributed by atoms with E-state index in [2.05, 4.69) is 20.9 Å². The van der Waals surface area contributed by atoms with Crippen LogP contribution in [0.2, 0.25) is 0 Å². The molecule has 30 heavy (non-hydrogen) atoms. The highest BCUT2D eigenvalue weighted by Gasteiger charge is 2.08. The number of hydrogen-bond acceptors (Lipinski definition) is 4. The van der Waals surface area contributed by atoms with Crippen LogP contribution in [0.1, 0.15) is 32.7 Å². The third kappa shape index (κ3) is 4.45. The second-order valence-electron chi connectivity index (χ2n) is 6.95. The van der Waals surface area contributed by atoms with Crippen molar-refractivity contribution in [2.75, 3.05) is 5.32 Å². The number of nitriles is 1. The zero-order valence-corrected chi connectivity index (χ0v) is 16.3. The highest BCUT2D eigenvalue weighted by molar-refractivity contribution is 6.09. The molecule has 146 valence electrons. The average Bonchev–Trinajstić information content (AvgIpc) is 3.25. The Balaban J connectivity index is 1.39. The van der Waals surface area contributed by atoms with Crippen molar-refractivity contribution < 1.29 is 4.79 Å². The maximum Gasteiger partial charge on any atom is 0.193 e. The van der Waals surface area contributed by atoms with Crippen molar-refractivity contribution in [3.8, 4) is 6.07 Å². The van der Waals surface area contributed by atoms with Crippen LogP contribution in [0.4, 0.5) is 5.69 Å². The molecule has 0 radical (unpaired) electrons. The molecule has 1 aromatic heterocycles. The lowest BCUT2D eigenvalue weighted by Gasteiger charge is -2.11. The molecule has 0 saturated carbocycles. The molecule has 1 heterocycles. The minimum Gasteiger partial charge on any atom is -0.379 e. The summed E-state index contributed by atoms with van der Waals surface area (Å²) < 4.78 is 2.07. The number of ketones is 1. The van der Waals surface area contributed by atoms with Gasteiger partial charge in [0.25, 0.3) is 0 Å². The van der Waals surface area contributed by atoms with Gasteiger partial charge in [0.05, 0.1) is 30.2 Å². The summed E-state index contributed by atoms with van der Waals surface area (Å²) in [6.45, 7) is 1.30. The van der Waals surface area contributed by atoms with Crippen molar-refractivity contribution in [3.05, 3.63) is 119 Å². The monoisotopic (exact) mass is 392 g/mol. The number of imidazole rings is 1.